The number of hydrogen-bond donors (Lipinski definition) is 1. The number of furan rings is 1. The van der Waals surface area contributed by atoms with Gasteiger partial charge in [-0.3, -0.25) is 0 Å². The van der Waals surface area contributed by atoms with E-state index in [1.165, 1.54) is 12.3 Å². The number of H-pyrrole nitrogens is 1. The summed E-state index contributed by atoms with van der Waals surface area (Å²) in [6.45, 7) is 1.57. The molecule has 7 heteroatoms. The van der Waals surface area contributed by atoms with Crippen LogP contribution in [-0.2, 0) is 4.74 Å². The SMILES string of the molecule is CC(OC(=O)c1cc2occc2[nH]1)c1coc(=O)o1.[HH]. The van der Waals surface area contributed by atoms with Crippen molar-refractivity contribution in [2.24, 2.45) is 0 Å². The highest BCUT2D eigenvalue weighted by Gasteiger charge is 2.19. The molecular weight excluding hydrogens is 254 g/mol. The number of aromatic amines is 1. The molecule has 1 unspecified atom stereocenters. The summed E-state index contributed by atoms with van der Waals surface area (Å²) >= 11 is 0. The summed E-state index contributed by atoms with van der Waals surface area (Å²) < 4.78 is 19.4. The Labute approximate surface area is 107 Å². The number of esters is 1. The lowest BCUT2D eigenvalue weighted by Crippen LogP contribution is -2.09. The van der Waals surface area contributed by atoms with Crippen molar-refractivity contribution < 1.29 is 24.2 Å². The highest BCUT2D eigenvalue weighted by Crippen LogP contribution is 2.20. The van der Waals surface area contributed by atoms with Gasteiger partial charge in [-0.1, -0.05) is 0 Å². The van der Waals surface area contributed by atoms with Crippen molar-refractivity contribution in [3.63, 3.8) is 0 Å². The van der Waals surface area contributed by atoms with Crippen LogP contribution in [0.1, 0.15) is 30.7 Å². The van der Waals surface area contributed by atoms with Crippen molar-refractivity contribution >= 4 is 17.1 Å². The van der Waals surface area contributed by atoms with Gasteiger partial charge in [0, 0.05) is 13.6 Å². The molecule has 0 saturated carbocycles. The zero-order valence-electron chi connectivity index (χ0n) is 9.84. The van der Waals surface area contributed by atoms with E-state index in [-0.39, 0.29) is 12.9 Å². The molecule has 0 saturated heterocycles. The number of nitrogens with one attached hydrogen (secondary N) is 1. The lowest BCUT2D eigenvalue weighted by atomic mass is 10.3. The molecular formula is C12H11NO6. The first-order valence-corrected chi connectivity index (χ1v) is 5.49. The van der Waals surface area contributed by atoms with Gasteiger partial charge in [0.15, 0.2) is 17.4 Å². The van der Waals surface area contributed by atoms with Gasteiger partial charge in [0.25, 0.3) is 0 Å². The van der Waals surface area contributed by atoms with Crippen molar-refractivity contribution in [2.75, 3.05) is 0 Å². The van der Waals surface area contributed by atoms with Gasteiger partial charge in [0.05, 0.1) is 11.8 Å². The fourth-order valence-corrected chi connectivity index (χ4v) is 1.67. The molecule has 0 amide bonds. The van der Waals surface area contributed by atoms with E-state index < -0.39 is 17.9 Å². The maximum atomic E-state index is 11.9. The van der Waals surface area contributed by atoms with Crippen LogP contribution in [0, 0.1) is 0 Å². The molecule has 0 fully saturated rings. The van der Waals surface area contributed by atoms with Crippen LogP contribution in [0.2, 0.25) is 0 Å². The molecule has 0 spiro atoms. The molecule has 3 aromatic heterocycles. The van der Waals surface area contributed by atoms with Crippen LogP contribution in [0.3, 0.4) is 0 Å². The van der Waals surface area contributed by atoms with Gasteiger partial charge in [-0.2, -0.15) is 0 Å². The van der Waals surface area contributed by atoms with Gasteiger partial charge in [0.1, 0.15) is 12.0 Å². The molecule has 3 aromatic rings. The number of rotatable bonds is 3. The number of aromatic nitrogens is 1. The largest absolute Gasteiger partial charge is 0.518 e. The minimum Gasteiger partial charge on any atom is -0.463 e. The monoisotopic (exact) mass is 265 g/mol. The van der Waals surface area contributed by atoms with Gasteiger partial charge in [-0.25, -0.2) is 9.59 Å². The summed E-state index contributed by atoms with van der Waals surface area (Å²) in [5.74, 6) is -1.27. The van der Waals surface area contributed by atoms with Crippen LogP contribution in [0.15, 0.2) is 42.7 Å². The van der Waals surface area contributed by atoms with Crippen molar-refractivity contribution in [3.05, 3.63) is 46.7 Å². The van der Waals surface area contributed by atoms with Crippen LogP contribution in [0.4, 0.5) is 0 Å². The predicted molar refractivity (Wildman–Crippen MR) is 63.8 cm³/mol. The minimum absolute atomic E-state index is 0. The first-order valence-electron chi connectivity index (χ1n) is 5.49. The Balaban J connectivity index is 0.00000147. The Bertz CT molecular complexity index is 750. The lowest BCUT2D eigenvalue weighted by molar-refractivity contribution is 0.0283. The Morgan fingerprint density at radius 3 is 3.00 bits per heavy atom. The molecule has 19 heavy (non-hydrogen) atoms. The smallest absolute Gasteiger partial charge is 0.463 e. The van der Waals surface area contributed by atoms with E-state index >= 15 is 0 Å². The number of carbonyl (C=O) groups is 1. The second-order valence-electron chi connectivity index (χ2n) is 3.92. The van der Waals surface area contributed by atoms with Gasteiger partial charge < -0.3 is 23.0 Å². The molecule has 0 aliphatic carbocycles. The molecule has 0 aliphatic rings. The maximum absolute atomic E-state index is 11.9. The molecule has 0 aromatic carbocycles. The lowest BCUT2D eigenvalue weighted by Gasteiger charge is -2.08. The highest BCUT2D eigenvalue weighted by atomic mass is 16.6. The number of ether oxygens (including phenoxy) is 1. The molecule has 3 heterocycles. The highest BCUT2D eigenvalue weighted by molar-refractivity contribution is 5.93. The standard InChI is InChI=1S/C12H9NO6.H2/c1-6(10-5-17-12(15)19-10)18-11(14)8-4-9-7(13-8)2-3-16-9;/h2-6,13H,1H3;1H. The Morgan fingerprint density at radius 2 is 2.32 bits per heavy atom. The summed E-state index contributed by atoms with van der Waals surface area (Å²) in [5.41, 5.74) is 1.52. The summed E-state index contributed by atoms with van der Waals surface area (Å²) in [6, 6.07) is 3.24. The van der Waals surface area contributed by atoms with Crippen LogP contribution in [0.5, 0.6) is 0 Å². The summed E-state index contributed by atoms with van der Waals surface area (Å²) in [7, 11) is 0. The summed E-state index contributed by atoms with van der Waals surface area (Å²) in [5, 5.41) is 0. The number of carbonyl (C=O) groups excluding carboxylic acids is 1. The third kappa shape index (κ3) is 2.05. The van der Waals surface area contributed by atoms with Crippen LogP contribution < -0.4 is 5.82 Å². The first-order chi connectivity index (χ1) is 9.13. The average Bonchev–Trinajstić information content (AvgIpc) is 3.02. The Morgan fingerprint density at radius 1 is 1.47 bits per heavy atom. The molecule has 1 atom stereocenters. The van der Waals surface area contributed by atoms with Crippen LogP contribution in [0.25, 0.3) is 11.1 Å². The van der Waals surface area contributed by atoms with E-state index in [0.29, 0.717) is 11.1 Å². The van der Waals surface area contributed by atoms with Crippen LogP contribution in [-0.4, -0.2) is 11.0 Å². The number of hydrogen-bond acceptors (Lipinski definition) is 6. The predicted octanol–water partition coefficient (Wildman–Crippen LogP) is 2.47. The van der Waals surface area contributed by atoms with E-state index in [4.69, 9.17) is 13.6 Å². The van der Waals surface area contributed by atoms with Gasteiger partial charge in [0.2, 0.25) is 0 Å². The van der Waals surface area contributed by atoms with Crippen molar-refractivity contribution in [3.8, 4) is 0 Å². The first kappa shape index (κ1) is 11.4. The molecule has 100 valence electrons. The van der Waals surface area contributed by atoms with Gasteiger partial charge >= 0.3 is 11.8 Å². The number of fused-ring (bicyclic) bond motifs is 1. The Kier molecular flexibility index (Phi) is 2.52. The third-order valence-corrected chi connectivity index (χ3v) is 2.62. The summed E-state index contributed by atoms with van der Waals surface area (Å²) in [4.78, 5) is 25.5. The van der Waals surface area contributed by atoms with Crippen LogP contribution >= 0.6 is 0 Å². The maximum Gasteiger partial charge on any atom is 0.518 e. The average molecular weight is 265 g/mol. The van der Waals surface area contributed by atoms with E-state index in [1.54, 1.807) is 13.0 Å². The minimum atomic E-state index is -0.838. The topological polar surface area (TPSA) is 98.6 Å². The molecule has 1 N–H and O–H groups in total. The van der Waals surface area contributed by atoms with Crippen molar-refractivity contribution in [1.29, 1.82) is 0 Å². The molecule has 3 rings (SSSR count). The zero-order chi connectivity index (χ0) is 13.4. The Hall–Kier alpha value is -2.70. The quantitative estimate of drug-likeness (QED) is 0.730. The fraction of sp³-hybridized carbons (Fsp3) is 0.167. The summed E-state index contributed by atoms with van der Waals surface area (Å²) in [6.07, 6.45) is 1.90. The molecule has 0 aliphatic heterocycles. The molecule has 0 radical (unpaired) electrons. The van der Waals surface area contributed by atoms with E-state index in [9.17, 15) is 9.59 Å². The van der Waals surface area contributed by atoms with E-state index in [1.807, 2.05) is 0 Å². The third-order valence-electron chi connectivity index (χ3n) is 2.62. The zero-order valence-corrected chi connectivity index (χ0v) is 9.84. The molecule has 0 bridgehead atoms. The second kappa shape index (κ2) is 4.20. The van der Waals surface area contributed by atoms with E-state index in [0.717, 1.165) is 6.26 Å². The normalized spacial score (nSPS) is 12.7. The van der Waals surface area contributed by atoms with E-state index in [2.05, 4.69) is 9.40 Å². The second-order valence-corrected chi connectivity index (χ2v) is 3.92. The fourth-order valence-electron chi connectivity index (χ4n) is 1.67. The van der Waals surface area contributed by atoms with Gasteiger partial charge in [-0.05, 0) is 6.92 Å². The van der Waals surface area contributed by atoms with Crippen molar-refractivity contribution in [2.45, 2.75) is 13.0 Å². The van der Waals surface area contributed by atoms with Gasteiger partial charge in [-0.15, -0.1) is 0 Å². The molecule has 7 nitrogen and oxygen atoms in total. The van der Waals surface area contributed by atoms with Crippen molar-refractivity contribution in [1.82, 2.24) is 4.98 Å².